The second-order valence-electron chi connectivity index (χ2n) is 4.84. The second-order valence-corrected chi connectivity index (χ2v) is 5.24. The number of hydrogen-bond donors (Lipinski definition) is 0. The summed E-state index contributed by atoms with van der Waals surface area (Å²) in [6.45, 7) is 0. The van der Waals surface area contributed by atoms with Gasteiger partial charge in [0.15, 0.2) is 5.78 Å². The average molecular weight is 291 g/mol. The Bertz CT molecular complexity index is 688. The van der Waals surface area contributed by atoms with E-state index < -0.39 is 0 Å². The molecule has 0 fully saturated rings. The molecule has 0 bridgehead atoms. The van der Waals surface area contributed by atoms with Gasteiger partial charge in [-0.15, -0.1) is 0 Å². The number of carbonyl (C=O) groups excluding carboxylic acids is 1. The van der Waals surface area contributed by atoms with Crippen LogP contribution in [0, 0.1) is 5.82 Å². The van der Waals surface area contributed by atoms with E-state index in [2.05, 4.69) is 9.97 Å². The van der Waals surface area contributed by atoms with Gasteiger partial charge in [-0.05, 0) is 30.5 Å². The van der Waals surface area contributed by atoms with E-state index in [1.54, 1.807) is 12.3 Å². The molecule has 1 aromatic carbocycles. The van der Waals surface area contributed by atoms with Crippen molar-refractivity contribution in [1.29, 1.82) is 0 Å². The van der Waals surface area contributed by atoms with Crippen molar-refractivity contribution < 1.29 is 9.18 Å². The Morgan fingerprint density at radius 3 is 2.95 bits per heavy atom. The largest absolute Gasteiger partial charge is 0.294 e. The van der Waals surface area contributed by atoms with Crippen molar-refractivity contribution in [1.82, 2.24) is 9.97 Å². The van der Waals surface area contributed by atoms with Crippen LogP contribution < -0.4 is 0 Å². The third-order valence-electron chi connectivity index (χ3n) is 3.40. The van der Waals surface area contributed by atoms with Crippen molar-refractivity contribution in [3.63, 3.8) is 0 Å². The number of nitrogens with zero attached hydrogens (tertiary/aromatic N) is 2. The molecule has 1 heterocycles. The number of Topliss-reactive ketones (excluding diaryl/α,β-unsaturated/α-hetero) is 1. The highest BCUT2D eigenvalue weighted by Gasteiger charge is 2.19. The molecule has 3 nitrogen and oxygen atoms in total. The van der Waals surface area contributed by atoms with Gasteiger partial charge >= 0.3 is 0 Å². The molecule has 0 aliphatic heterocycles. The Kier molecular flexibility index (Phi) is 3.49. The maximum atomic E-state index is 13.0. The summed E-state index contributed by atoms with van der Waals surface area (Å²) in [6.07, 6.45) is 4.23. The number of carbonyl (C=O) groups is 1. The van der Waals surface area contributed by atoms with Crippen LogP contribution in [-0.4, -0.2) is 15.8 Å². The van der Waals surface area contributed by atoms with Crippen molar-refractivity contribution in [2.45, 2.75) is 25.7 Å². The zero-order chi connectivity index (χ0) is 14.1. The Hall–Kier alpha value is -1.81. The summed E-state index contributed by atoms with van der Waals surface area (Å²) in [6, 6.07) is 4.27. The molecule has 0 atom stereocenters. The quantitative estimate of drug-likeness (QED) is 0.851. The molecular weight excluding hydrogens is 279 g/mol. The Balaban J connectivity index is 1.90. The predicted octanol–water partition coefficient (Wildman–Crippen LogP) is 3.38. The SMILES string of the molecule is O=C1CCCc2nc(Cc3ccc(F)cc3Cl)ncc21. The van der Waals surface area contributed by atoms with Crippen LogP contribution in [0.2, 0.25) is 5.02 Å². The lowest BCUT2D eigenvalue weighted by atomic mass is 9.96. The van der Waals surface area contributed by atoms with Gasteiger partial charge in [-0.3, -0.25) is 4.79 Å². The van der Waals surface area contributed by atoms with E-state index in [0.29, 0.717) is 29.3 Å². The number of ketones is 1. The number of rotatable bonds is 2. The molecule has 0 unspecified atom stereocenters. The summed E-state index contributed by atoms with van der Waals surface area (Å²) in [7, 11) is 0. The second kappa shape index (κ2) is 5.29. The van der Waals surface area contributed by atoms with E-state index in [-0.39, 0.29) is 11.6 Å². The highest BCUT2D eigenvalue weighted by Crippen LogP contribution is 2.22. The molecule has 1 aliphatic rings. The third-order valence-corrected chi connectivity index (χ3v) is 3.75. The van der Waals surface area contributed by atoms with E-state index in [0.717, 1.165) is 24.1 Å². The van der Waals surface area contributed by atoms with Crippen LogP contribution in [0.1, 0.15) is 40.3 Å². The van der Waals surface area contributed by atoms with Crippen molar-refractivity contribution in [3.05, 3.63) is 57.9 Å². The highest BCUT2D eigenvalue weighted by atomic mass is 35.5. The van der Waals surface area contributed by atoms with Crippen LogP contribution in [0.4, 0.5) is 4.39 Å². The van der Waals surface area contributed by atoms with Gasteiger partial charge in [0.2, 0.25) is 0 Å². The van der Waals surface area contributed by atoms with Crippen LogP contribution >= 0.6 is 11.6 Å². The van der Waals surface area contributed by atoms with E-state index in [1.165, 1.54) is 12.1 Å². The Morgan fingerprint density at radius 2 is 2.15 bits per heavy atom. The number of benzene rings is 1. The molecule has 1 aliphatic carbocycles. The van der Waals surface area contributed by atoms with Crippen LogP contribution in [0.5, 0.6) is 0 Å². The lowest BCUT2D eigenvalue weighted by Crippen LogP contribution is -2.15. The molecule has 0 saturated carbocycles. The summed E-state index contributed by atoms with van der Waals surface area (Å²) >= 11 is 6.00. The van der Waals surface area contributed by atoms with E-state index in [4.69, 9.17) is 11.6 Å². The van der Waals surface area contributed by atoms with Gasteiger partial charge < -0.3 is 0 Å². The van der Waals surface area contributed by atoms with Crippen LogP contribution in [-0.2, 0) is 12.8 Å². The van der Waals surface area contributed by atoms with Gasteiger partial charge in [0.25, 0.3) is 0 Å². The molecule has 0 saturated heterocycles. The molecule has 0 amide bonds. The van der Waals surface area contributed by atoms with E-state index in [9.17, 15) is 9.18 Å². The van der Waals surface area contributed by atoms with Gasteiger partial charge in [-0.2, -0.15) is 0 Å². The van der Waals surface area contributed by atoms with Crippen molar-refractivity contribution in [2.24, 2.45) is 0 Å². The summed E-state index contributed by atoms with van der Waals surface area (Å²) in [5.41, 5.74) is 2.21. The number of aromatic nitrogens is 2. The summed E-state index contributed by atoms with van der Waals surface area (Å²) in [5, 5.41) is 0.363. The van der Waals surface area contributed by atoms with Crippen LogP contribution in [0.25, 0.3) is 0 Å². The topological polar surface area (TPSA) is 42.9 Å². The van der Waals surface area contributed by atoms with Crippen molar-refractivity contribution in [3.8, 4) is 0 Å². The first kappa shape index (κ1) is 13.2. The first-order valence-corrected chi connectivity index (χ1v) is 6.83. The summed E-state index contributed by atoms with van der Waals surface area (Å²) in [4.78, 5) is 20.4. The molecule has 3 rings (SSSR count). The molecule has 20 heavy (non-hydrogen) atoms. The summed E-state index contributed by atoms with van der Waals surface area (Å²) in [5.74, 6) is 0.347. The van der Waals surface area contributed by atoms with Gasteiger partial charge in [-0.25, -0.2) is 14.4 Å². The van der Waals surface area contributed by atoms with E-state index in [1.807, 2.05) is 0 Å². The molecule has 0 spiro atoms. The van der Waals surface area contributed by atoms with Gasteiger partial charge in [0.05, 0.1) is 11.3 Å². The van der Waals surface area contributed by atoms with Gasteiger partial charge in [0.1, 0.15) is 11.6 Å². The minimum Gasteiger partial charge on any atom is -0.294 e. The molecule has 0 N–H and O–H groups in total. The standard InChI is InChI=1S/C15H12ClFN2O/c16-12-7-10(17)5-4-9(12)6-15-18-8-11-13(19-15)2-1-3-14(11)20/h4-5,7-8H,1-3,6H2. The number of hydrogen-bond acceptors (Lipinski definition) is 3. The molecule has 5 heteroatoms. The predicted molar refractivity (Wildman–Crippen MR) is 73.5 cm³/mol. The molecule has 2 aromatic rings. The average Bonchev–Trinajstić information content (AvgIpc) is 2.42. The third kappa shape index (κ3) is 2.56. The fraction of sp³-hybridized carbons (Fsp3) is 0.267. The van der Waals surface area contributed by atoms with Gasteiger partial charge in [-0.1, -0.05) is 17.7 Å². The normalized spacial score (nSPS) is 14.2. The van der Waals surface area contributed by atoms with Crippen molar-refractivity contribution in [2.75, 3.05) is 0 Å². The first-order valence-electron chi connectivity index (χ1n) is 6.45. The smallest absolute Gasteiger partial charge is 0.166 e. The lowest BCUT2D eigenvalue weighted by Gasteiger charge is -2.14. The Morgan fingerprint density at radius 1 is 1.30 bits per heavy atom. The molecular formula is C15H12ClFN2O. The zero-order valence-electron chi connectivity index (χ0n) is 10.7. The number of halogens is 2. The minimum absolute atomic E-state index is 0.109. The fourth-order valence-electron chi connectivity index (χ4n) is 2.35. The Labute approximate surface area is 120 Å². The van der Waals surface area contributed by atoms with Gasteiger partial charge in [0, 0.05) is 24.1 Å². The molecule has 0 radical (unpaired) electrons. The lowest BCUT2D eigenvalue weighted by molar-refractivity contribution is 0.0971. The zero-order valence-corrected chi connectivity index (χ0v) is 11.5. The monoisotopic (exact) mass is 290 g/mol. The maximum absolute atomic E-state index is 13.0. The van der Waals surface area contributed by atoms with Crippen LogP contribution in [0.3, 0.4) is 0 Å². The van der Waals surface area contributed by atoms with Crippen LogP contribution in [0.15, 0.2) is 24.4 Å². The number of aryl methyl sites for hydroxylation is 1. The first-order chi connectivity index (χ1) is 9.63. The van der Waals surface area contributed by atoms with Crippen molar-refractivity contribution >= 4 is 17.4 Å². The molecule has 102 valence electrons. The number of fused-ring (bicyclic) bond motifs is 1. The minimum atomic E-state index is -0.365. The maximum Gasteiger partial charge on any atom is 0.166 e. The summed E-state index contributed by atoms with van der Waals surface area (Å²) < 4.78 is 13.0. The highest BCUT2D eigenvalue weighted by molar-refractivity contribution is 6.31. The molecule has 1 aromatic heterocycles. The van der Waals surface area contributed by atoms with E-state index >= 15 is 0 Å². The fourth-order valence-corrected chi connectivity index (χ4v) is 2.59.